The number of rotatable bonds is 2. The lowest BCUT2D eigenvalue weighted by Crippen LogP contribution is -2.40. The zero-order chi connectivity index (χ0) is 15.0. The molecule has 0 radical (unpaired) electrons. The van der Waals surface area contributed by atoms with Crippen molar-refractivity contribution in [2.45, 2.75) is 25.4 Å². The van der Waals surface area contributed by atoms with Crippen LogP contribution in [0.1, 0.15) is 23.7 Å². The summed E-state index contributed by atoms with van der Waals surface area (Å²) in [6, 6.07) is 7.49. The third-order valence-corrected chi connectivity index (χ3v) is 4.32. The fourth-order valence-corrected chi connectivity index (χ4v) is 2.84. The normalized spacial score (nSPS) is 21.8. The minimum absolute atomic E-state index is 0.0336. The van der Waals surface area contributed by atoms with Gasteiger partial charge in [0, 0.05) is 24.8 Å². The zero-order valence-corrected chi connectivity index (χ0v) is 12.5. The number of likely N-dealkylation sites (tertiary alicyclic amines) is 1. The van der Waals surface area contributed by atoms with Crippen LogP contribution in [0.5, 0.6) is 0 Å². The first-order valence-electron chi connectivity index (χ1n) is 6.94. The molecule has 1 amide bonds. The molecule has 2 atom stereocenters. The van der Waals surface area contributed by atoms with Crippen LogP contribution in [0.25, 0.3) is 5.69 Å². The van der Waals surface area contributed by atoms with Gasteiger partial charge in [-0.2, -0.15) is 5.10 Å². The van der Waals surface area contributed by atoms with Crippen LogP contribution in [0.4, 0.5) is 0 Å². The minimum atomic E-state index is -0.0336. The predicted octanol–water partition coefficient (Wildman–Crippen LogP) is 2.09. The number of para-hydroxylation sites is 1. The van der Waals surface area contributed by atoms with Crippen molar-refractivity contribution < 1.29 is 4.79 Å². The highest BCUT2D eigenvalue weighted by molar-refractivity contribution is 6.32. The molecule has 21 heavy (non-hydrogen) atoms. The number of benzene rings is 1. The molecule has 2 N–H and O–H groups in total. The van der Waals surface area contributed by atoms with Crippen molar-refractivity contribution in [1.82, 2.24) is 14.7 Å². The van der Waals surface area contributed by atoms with Gasteiger partial charge in [0.2, 0.25) is 0 Å². The molecule has 2 heterocycles. The van der Waals surface area contributed by atoms with E-state index in [1.165, 1.54) is 0 Å². The fraction of sp³-hybridized carbons (Fsp3) is 0.333. The van der Waals surface area contributed by atoms with Crippen LogP contribution in [0.2, 0.25) is 5.02 Å². The maximum absolute atomic E-state index is 12.5. The third kappa shape index (κ3) is 2.54. The Morgan fingerprint density at radius 3 is 2.86 bits per heavy atom. The molecule has 110 valence electrons. The van der Waals surface area contributed by atoms with Gasteiger partial charge in [-0.3, -0.25) is 4.79 Å². The molecule has 0 bridgehead atoms. The van der Waals surface area contributed by atoms with Crippen molar-refractivity contribution in [1.29, 1.82) is 0 Å². The Hall–Kier alpha value is -1.85. The van der Waals surface area contributed by atoms with E-state index in [-0.39, 0.29) is 18.0 Å². The van der Waals surface area contributed by atoms with Gasteiger partial charge < -0.3 is 10.6 Å². The molecule has 0 aliphatic carbocycles. The topological polar surface area (TPSA) is 64.2 Å². The van der Waals surface area contributed by atoms with E-state index < -0.39 is 0 Å². The summed E-state index contributed by atoms with van der Waals surface area (Å²) in [6.07, 6.45) is 4.12. The summed E-state index contributed by atoms with van der Waals surface area (Å²) >= 11 is 6.14. The summed E-state index contributed by atoms with van der Waals surface area (Å²) in [6.45, 7) is 2.67. The van der Waals surface area contributed by atoms with Gasteiger partial charge in [-0.05, 0) is 25.5 Å². The van der Waals surface area contributed by atoms with Crippen LogP contribution in [0.15, 0.2) is 36.7 Å². The molecular formula is C15H17ClN4O. The molecule has 1 aliphatic heterocycles. The van der Waals surface area contributed by atoms with Crippen LogP contribution in [0.3, 0.4) is 0 Å². The van der Waals surface area contributed by atoms with Gasteiger partial charge in [0.1, 0.15) is 0 Å². The Labute approximate surface area is 128 Å². The van der Waals surface area contributed by atoms with Crippen molar-refractivity contribution in [3.05, 3.63) is 47.2 Å². The Kier molecular flexibility index (Phi) is 3.69. The smallest absolute Gasteiger partial charge is 0.257 e. The molecular weight excluding hydrogens is 288 g/mol. The lowest BCUT2D eigenvalue weighted by atomic mass is 10.1. The van der Waals surface area contributed by atoms with E-state index in [0.29, 0.717) is 17.1 Å². The Morgan fingerprint density at radius 1 is 1.43 bits per heavy atom. The molecule has 0 saturated carbocycles. The summed E-state index contributed by atoms with van der Waals surface area (Å²) in [5, 5.41) is 4.83. The number of amides is 1. The average Bonchev–Trinajstić information content (AvgIpc) is 3.08. The summed E-state index contributed by atoms with van der Waals surface area (Å²) in [4.78, 5) is 14.3. The molecule has 1 saturated heterocycles. The van der Waals surface area contributed by atoms with Crippen molar-refractivity contribution in [2.24, 2.45) is 5.73 Å². The lowest BCUT2D eigenvalue weighted by Gasteiger charge is -2.22. The van der Waals surface area contributed by atoms with Crippen molar-refractivity contribution in [2.75, 3.05) is 6.54 Å². The first-order valence-corrected chi connectivity index (χ1v) is 7.32. The van der Waals surface area contributed by atoms with Gasteiger partial charge in [-0.25, -0.2) is 4.68 Å². The fourth-order valence-electron chi connectivity index (χ4n) is 2.62. The van der Waals surface area contributed by atoms with Gasteiger partial charge in [0.15, 0.2) is 0 Å². The second-order valence-electron chi connectivity index (χ2n) is 5.32. The van der Waals surface area contributed by atoms with Crippen LogP contribution in [-0.2, 0) is 0 Å². The maximum Gasteiger partial charge on any atom is 0.257 e. The Bertz CT molecular complexity index is 669. The van der Waals surface area contributed by atoms with E-state index in [2.05, 4.69) is 5.10 Å². The van der Waals surface area contributed by atoms with Crippen molar-refractivity contribution >= 4 is 17.5 Å². The number of carbonyl (C=O) groups is 1. The summed E-state index contributed by atoms with van der Waals surface area (Å²) in [5.74, 6) is -0.0336. The number of halogens is 1. The molecule has 1 fully saturated rings. The van der Waals surface area contributed by atoms with Gasteiger partial charge in [0.25, 0.3) is 5.91 Å². The van der Waals surface area contributed by atoms with Crippen molar-refractivity contribution in [3.63, 3.8) is 0 Å². The summed E-state index contributed by atoms with van der Waals surface area (Å²) < 4.78 is 1.62. The molecule has 1 aromatic carbocycles. The number of hydrogen-bond donors (Lipinski definition) is 1. The maximum atomic E-state index is 12.5. The summed E-state index contributed by atoms with van der Waals surface area (Å²) in [5.41, 5.74) is 7.27. The van der Waals surface area contributed by atoms with Gasteiger partial charge >= 0.3 is 0 Å². The number of hydrogen-bond acceptors (Lipinski definition) is 3. The van der Waals surface area contributed by atoms with Crippen LogP contribution in [0, 0.1) is 0 Å². The van der Waals surface area contributed by atoms with Gasteiger partial charge in [-0.1, -0.05) is 23.7 Å². The molecule has 1 aliphatic rings. The highest BCUT2D eigenvalue weighted by Gasteiger charge is 2.32. The van der Waals surface area contributed by atoms with E-state index >= 15 is 0 Å². The first kappa shape index (κ1) is 14.1. The summed E-state index contributed by atoms with van der Waals surface area (Å²) in [7, 11) is 0. The average molecular weight is 305 g/mol. The second kappa shape index (κ2) is 5.50. The minimum Gasteiger partial charge on any atom is -0.334 e. The standard InChI is InChI=1S/C15H17ClN4O/c1-10-13(17)6-7-19(10)15(21)11-8-18-20(9-11)14-5-3-2-4-12(14)16/h2-5,8-10,13H,6-7,17H2,1H3/t10-,13-/m0/s1. The van der Waals surface area contributed by atoms with E-state index in [1.807, 2.05) is 25.1 Å². The quantitative estimate of drug-likeness (QED) is 0.924. The molecule has 5 nitrogen and oxygen atoms in total. The van der Waals surface area contributed by atoms with E-state index in [4.69, 9.17) is 17.3 Å². The van der Waals surface area contributed by atoms with Crippen molar-refractivity contribution in [3.8, 4) is 5.69 Å². The van der Waals surface area contributed by atoms with E-state index in [0.717, 1.165) is 12.1 Å². The predicted molar refractivity (Wildman–Crippen MR) is 81.7 cm³/mol. The first-order chi connectivity index (χ1) is 10.1. The molecule has 6 heteroatoms. The van der Waals surface area contributed by atoms with Crippen LogP contribution in [-0.4, -0.2) is 39.2 Å². The second-order valence-corrected chi connectivity index (χ2v) is 5.72. The molecule has 3 rings (SSSR count). The third-order valence-electron chi connectivity index (χ3n) is 4.00. The number of nitrogens with zero attached hydrogens (tertiary/aromatic N) is 3. The number of carbonyl (C=O) groups excluding carboxylic acids is 1. The van der Waals surface area contributed by atoms with Gasteiger partial charge in [-0.15, -0.1) is 0 Å². The monoisotopic (exact) mass is 304 g/mol. The SMILES string of the molecule is C[C@H]1[C@@H](N)CCN1C(=O)c1cnn(-c2ccccc2Cl)c1. The highest BCUT2D eigenvalue weighted by Crippen LogP contribution is 2.22. The molecule has 0 unspecified atom stereocenters. The molecule has 0 spiro atoms. The Morgan fingerprint density at radius 2 is 2.19 bits per heavy atom. The lowest BCUT2D eigenvalue weighted by molar-refractivity contribution is 0.0742. The number of nitrogens with two attached hydrogens (primary N) is 1. The highest BCUT2D eigenvalue weighted by atomic mass is 35.5. The molecule has 1 aromatic heterocycles. The largest absolute Gasteiger partial charge is 0.334 e. The Balaban J connectivity index is 1.86. The van der Waals surface area contributed by atoms with Crippen LogP contribution >= 0.6 is 11.6 Å². The van der Waals surface area contributed by atoms with E-state index in [1.54, 1.807) is 28.0 Å². The van der Waals surface area contributed by atoms with Crippen LogP contribution < -0.4 is 5.73 Å². The molecule has 2 aromatic rings. The van der Waals surface area contributed by atoms with Gasteiger partial charge in [0.05, 0.1) is 22.5 Å². The number of aromatic nitrogens is 2. The van der Waals surface area contributed by atoms with E-state index in [9.17, 15) is 4.79 Å². The zero-order valence-electron chi connectivity index (χ0n) is 11.7.